The Hall–Kier alpha value is -0.830. The topological polar surface area (TPSA) is 49.8 Å². The van der Waals surface area contributed by atoms with Crippen LogP contribution in [0.5, 0.6) is 0 Å². The van der Waals surface area contributed by atoms with Gasteiger partial charge in [-0.2, -0.15) is 0 Å². The highest BCUT2D eigenvalue weighted by Gasteiger charge is 2.49. The summed E-state index contributed by atoms with van der Waals surface area (Å²) in [7, 11) is 0. The van der Waals surface area contributed by atoms with Gasteiger partial charge in [-0.15, -0.1) is 0 Å². The van der Waals surface area contributed by atoms with Crippen molar-refractivity contribution >= 4 is 5.97 Å². The highest BCUT2D eigenvalue weighted by Crippen LogP contribution is 2.42. The number of carboxylic acids is 1. The van der Waals surface area contributed by atoms with E-state index in [1.54, 1.807) is 0 Å². The summed E-state index contributed by atoms with van der Waals surface area (Å²) in [5, 5.41) is 8.63. The van der Waals surface area contributed by atoms with E-state index < -0.39 is 5.97 Å². The molecule has 3 atom stereocenters. The first-order valence-electron chi connectivity index (χ1n) is 7.45. The largest absolute Gasteiger partial charge is 0.478 e. The second-order valence-corrected chi connectivity index (χ2v) is 6.18. The van der Waals surface area contributed by atoms with E-state index in [0.717, 1.165) is 31.3 Å². The quantitative estimate of drug-likeness (QED) is 0.504. The summed E-state index contributed by atoms with van der Waals surface area (Å²) in [5.41, 5.74) is 1.12. The van der Waals surface area contributed by atoms with Crippen molar-refractivity contribution in [2.24, 2.45) is 5.92 Å². The van der Waals surface area contributed by atoms with E-state index in [4.69, 9.17) is 9.84 Å². The second kappa shape index (κ2) is 7.09. The molecule has 110 valence electrons. The number of hydrogen-bond acceptors (Lipinski definition) is 2. The summed E-state index contributed by atoms with van der Waals surface area (Å²) < 4.78 is 5.72. The number of carbonyl (C=O) groups is 1. The van der Waals surface area contributed by atoms with E-state index in [2.05, 4.69) is 20.8 Å². The maximum atomic E-state index is 10.5. The molecule has 0 amide bonds. The van der Waals surface area contributed by atoms with E-state index in [1.165, 1.54) is 18.9 Å². The average molecular weight is 268 g/mol. The number of rotatable bonds is 9. The van der Waals surface area contributed by atoms with E-state index in [1.807, 2.05) is 6.92 Å². The van der Waals surface area contributed by atoms with Gasteiger partial charge in [0, 0.05) is 6.08 Å². The Balaban J connectivity index is 2.09. The molecule has 0 aromatic heterocycles. The zero-order chi connectivity index (χ0) is 14.5. The summed E-state index contributed by atoms with van der Waals surface area (Å²) >= 11 is 0. The molecule has 1 saturated heterocycles. The van der Waals surface area contributed by atoms with E-state index in [9.17, 15) is 4.79 Å². The Kier molecular flexibility index (Phi) is 6.05. The fraction of sp³-hybridized carbons (Fsp3) is 0.812. The van der Waals surface area contributed by atoms with Crippen LogP contribution in [0.15, 0.2) is 11.6 Å². The lowest BCUT2D eigenvalue weighted by molar-refractivity contribution is -0.131. The molecular weight excluding hydrogens is 240 g/mol. The molecule has 1 fully saturated rings. The molecular formula is C16H28O3. The van der Waals surface area contributed by atoms with Crippen molar-refractivity contribution in [1.29, 1.82) is 0 Å². The molecule has 1 heterocycles. The van der Waals surface area contributed by atoms with Crippen molar-refractivity contribution < 1.29 is 14.6 Å². The third-order valence-corrected chi connectivity index (χ3v) is 4.30. The Bertz CT molecular complexity index is 335. The predicted molar refractivity (Wildman–Crippen MR) is 77.2 cm³/mol. The predicted octanol–water partition coefficient (Wildman–Crippen LogP) is 4.17. The molecule has 19 heavy (non-hydrogen) atoms. The van der Waals surface area contributed by atoms with Crippen molar-refractivity contribution in [3.05, 3.63) is 11.6 Å². The molecule has 1 N–H and O–H groups in total. The number of carboxylic acid groups (broad SMARTS) is 1. The molecule has 1 rings (SSSR count). The minimum absolute atomic E-state index is 0.153. The van der Waals surface area contributed by atoms with Gasteiger partial charge in [-0.1, -0.05) is 25.8 Å². The second-order valence-electron chi connectivity index (χ2n) is 6.18. The summed E-state index contributed by atoms with van der Waals surface area (Å²) in [6.07, 6.45) is 8.39. The lowest BCUT2D eigenvalue weighted by Crippen LogP contribution is -2.08. The highest BCUT2D eigenvalue weighted by molar-refractivity contribution is 5.80. The Morgan fingerprint density at radius 3 is 2.68 bits per heavy atom. The molecule has 0 aliphatic carbocycles. The number of hydrogen-bond donors (Lipinski definition) is 1. The maximum Gasteiger partial charge on any atom is 0.328 e. The van der Waals surface area contributed by atoms with Crippen LogP contribution in [0.4, 0.5) is 0 Å². The normalized spacial score (nSPS) is 28.2. The van der Waals surface area contributed by atoms with Gasteiger partial charge in [0.05, 0.1) is 11.7 Å². The van der Waals surface area contributed by atoms with Gasteiger partial charge in [-0.25, -0.2) is 4.79 Å². The molecule has 3 unspecified atom stereocenters. The van der Waals surface area contributed by atoms with Gasteiger partial charge in [-0.05, 0) is 51.9 Å². The van der Waals surface area contributed by atoms with Gasteiger partial charge in [0.1, 0.15) is 0 Å². The zero-order valence-corrected chi connectivity index (χ0v) is 12.7. The summed E-state index contributed by atoms with van der Waals surface area (Å²) in [5.74, 6) is -0.141. The Morgan fingerprint density at radius 2 is 2.16 bits per heavy atom. The van der Waals surface area contributed by atoms with Crippen LogP contribution in [-0.4, -0.2) is 22.8 Å². The van der Waals surface area contributed by atoms with Crippen LogP contribution in [0.25, 0.3) is 0 Å². The first kappa shape index (κ1) is 16.2. The molecule has 0 aromatic rings. The van der Waals surface area contributed by atoms with E-state index in [-0.39, 0.29) is 5.60 Å². The minimum atomic E-state index is -0.838. The van der Waals surface area contributed by atoms with Crippen molar-refractivity contribution in [2.45, 2.75) is 77.9 Å². The van der Waals surface area contributed by atoms with Crippen LogP contribution in [0.2, 0.25) is 0 Å². The third kappa shape index (κ3) is 5.77. The summed E-state index contributed by atoms with van der Waals surface area (Å²) in [6, 6.07) is 0. The van der Waals surface area contributed by atoms with Gasteiger partial charge in [0.15, 0.2) is 0 Å². The first-order valence-corrected chi connectivity index (χ1v) is 7.45. The lowest BCUT2D eigenvalue weighted by Gasteiger charge is -2.10. The minimum Gasteiger partial charge on any atom is -0.478 e. The zero-order valence-electron chi connectivity index (χ0n) is 12.7. The van der Waals surface area contributed by atoms with Crippen LogP contribution in [0, 0.1) is 5.92 Å². The third-order valence-electron chi connectivity index (χ3n) is 4.30. The molecule has 1 aliphatic rings. The van der Waals surface area contributed by atoms with Gasteiger partial charge < -0.3 is 9.84 Å². The van der Waals surface area contributed by atoms with Crippen LogP contribution < -0.4 is 0 Å². The van der Waals surface area contributed by atoms with E-state index in [0.29, 0.717) is 12.0 Å². The van der Waals surface area contributed by atoms with Crippen LogP contribution in [0.1, 0.15) is 66.2 Å². The number of allylic oxidation sites excluding steroid dienone is 1. The lowest BCUT2D eigenvalue weighted by atomic mass is 9.93. The Labute approximate surface area is 117 Å². The van der Waals surface area contributed by atoms with Gasteiger partial charge in [0.25, 0.3) is 0 Å². The number of aliphatic carboxylic acids is 1. The SMILES string of the molecule is CCC1(C)OC1CCC(C)CCCC(C)=CC(=O)O. The van der Waals surface area contributed by atoms with Crippen molar-refractivity contribution in [3.8, 4) is 0 Å². The molecule has 1 aliphatic heterocycles. The fourth-order valence-corrected chi connectivity index (χ4v) is 2.56. The first-order chi connectivity index (χ1) is 8.87. The monoisotopic (exact) mass is 268 g/mol. The van der Waals surface area contributed by atoms with Crippen molar-refractivity contribution in [3.63, 3.8) is 0 Å². The average Bonchev–Trinajstić information content (AvgIpc) is 2.98. The molecule has 0 radical (unpaired) electrons. The van der Waals surface area contributed by atoms with Crippen LogP contribution >= 0.6 is 0 Å². The molecule has 0 bridgehead atoms. The molecule has 0 aromatic carbocycles. The van der Waals surface area contributed by atoms with Crippen LogP contribution in [0.3, 0.4) is 0 Å². The maximum absolute atomic E-state index is 10.5. The standard InChI is InChI=1S/C16H28O3/c1-5-16(4)14(19-16)10-9-12(2)7-6-8-13(3)11-15(17)18/h11-12,14H,5-10H2,1-4H3,(H,17,18). The Morgan fingerprint density at radius 1 is 1.47 bits per heavy atom. The van der Waals surface area contributed by atoms with E-state index >= 15 is 0 Å². The number of ether oxygens (including phenoxy) is 1. The summed E-state index contributed by atoms with van der Waals surface area (Å²) in [4.78, 5) is 10.5. The van der Waals surface area contributed by atoms with Crippen LogP contribution in [-0.2, 0) is 9.53 Å². The smallest absolute Gasteiger partial charge is 0.328 e. The molecule has 3 nitrogen and oxygen atoms in total. The number of epoxide rings is 1. The molecule has 0 spiro atoms. The van der Waals surface area contributed by atoms with Crippen molar-refractivity contribution in [1.82, 2.24) is 0 Å². The molecule has 3 heteroatoms. The van der Waals surface area contributed by atoms with Gasteiger partial charge in [-0.3, -0.25) is 0 Å². The summed E-state index contributed by atoms with van der Waals surface area (Å²) in [6.45, 7) is 8.55. The van der Waals surface area contributed by atoms with Gasteiger partial charge >= 0.3 is 5.97 Å². The van der Waals surface area contributed by atoms with Crippen molar-refractivity contribution in [2.75, 3.05) is 0 Å². The fourth-order valence-electron chi connectivity index (χ4n) is 2.56. The molecule has 0 saturated carbocycles. The van der Waals surface area contributed by atoms with Gasteiger partial charge in [0.2, 0.25) is 0 Å². The highest BCUT2D eigenvalue weighted by atomic mass is 16.6.